The predicted molar refractivity (Wildman–Crippen MR) is 88.1 cm³/mol. The van der Waals surface area contributed by atoms with Gasteiger partial charge in [0.05, 0.1) is 11.9 Å². The van der Waals surface area contributed by atoms with Crippen molar-refractivity contribution in [2.45, 2.75) is 6.42 Å². The van der Waals surface area contributed by atoms with E-state index in [0.717, 1.165) is 37.3 Å². The molecule has 0 radical (unpaired) electrons. The smallest absolute Gasteiger partial charge is 0.253 e. The topological polar surface area (TPSA) is 60.2 Å². The fourth-order valence-electron chi connectivity index (χ4n) is 2.78. The van der Waals surface area contributed by atoms with Gasteiger partial charge in [-0.05, 0) is 30.7 Å². The first-order valence-electron chi connectivity index (χ1n) is 7.73. The van der Waals surface area contributed by atoms with Gasteiger partial charge in [0.1, 0.15) is 11.8 Å². The summed E-state index contributed by atoms with van der Waals surface area (Å²) in [6.07, 6.45) is 2.64. The lowest BCUT2D eigenvalue weighted by atomic mass is 10.2. The van der Waals surface area contributed by atoms with Crippen molar-refractivity contribution in [1.82, 2.24) is 9.88 Å². The average molecular weight is 306 g/mol. The van der Waals surface area contributed by atoms with Gasteiger partial charge in [-0.25, -0.2) is 4.98 Å². The third kappa shape index (κ3) is 3.49. The number of carbonyl (C=O) groups excluding carboxylic acids is 1. The molecule has 2 aromatic rings. The molecule has 1 amide bonds. The Kier molecular flexibility index (Phi) is 4.53. The molecular formula is C18H18N4O. The maximum absolute atomic E-state index is 12.5. The number of nitrogens with zero attached hydrogens (tertiary/aromatic N) is 4. The number of carbonyl (C=O) groups is 1. The first kappa shape index (κ1) is 15.0. The van der Waals surface area contributed by atoms with E-state index in [0.29, 0.717) is 12.2 Å². The molecule has 23 heavy (non-hydrogen) atoms. The van der Waals surface area contributed by atoms with Crippen molar-refractivity contribution in [3.8, 4) is 6.07 Å². The van der Waals surface area contributed by atoms with Crippen molar-refractivity contribution in [3.05, 3.63) is 59.9 Å². The maximum Gasteiger partial charge on any atom is 0.253 e. The summed E-state index contributed by atoms with van der Waals surface area (Å²) in [6.45, 7) is 3.10. The molecule has 1 aromatic carbocycles. The minimum atomic E-state index is 0.0883. The molecule has 0 saturated carbocycles. The zero-order chi connectivity index (χ0) is 16.1. The first-order valence-corrected chi connectivity index (χ1v) is 7.73. The van der Waals surface area contributed by atoms with E-state index in [1.54, 1.807) is 12.3 Å². The van der Waals surface area contributed by atoms with E-state index in [-0.39, 0.29) is 5.91 Å². The highest BCUT2D eigenvalue weighted by atomic mass is 16.2. The van der Waals surface area contributed by atoms with Crippen LogP contribution in [0, 0.1) is 11.3 Å². The number of hydrogen-bond donors (Lipinski definition) is 0. The minimum absolute atomic E-state index is 0.0883. The van der Waals surface area contributed by atoms with Crippen molar-refractivity contribution >= 4 is 11.6 Å². The summed E-state index contributed by atoms with van der Waals surface area (Å²) >= 11 is 0. The molecule has 0 atom stereocenters. The van der Waals surface area contributed by atoms with E-state index in [1.165, 1.54) is 0 Å². The summed E-state index contributed by atoms with van der Waals surface area (Å²) in [7, 11) is 0. The highest BCUT2D eigenvalue weighted by molar-refractivity contribution is 5.94. The number of aromatic nitrogens is 1. The second-order valence-corrected chi connectivity index (χ2v) is 5.51. The number of amides is 1. The lowest BCUT2D eigenvalue weighted by Gasteiger charge is -2.23. The van der Waals surface area contributed by atoms with Crippen LogP contribution in [0.4, 0.5) is 5.69 Å². The van der Waals surface area contributed by atoms with Gasteiger partial charge in [-0.15, -0.1) is 0 Å². The predicted octanol–water partition coefficient (Wildman–Crippen LogP) is 2.31. The van der Waals surface area contributed by atoms with E-state index >= 15 is 0 Å². The molecule has 5 heteroatoms. The molecule has 3 rings (SSSR count). The molecule has 0 aliphatic carbocycles. The molecule has 0 spiro atoms. The molecule has 0 bridgehead atoms. The van der Waals surface area contributed by atoms with Gasteiger partial charge >= 0.3 is 0 Å². The Morgan fingerprint density at radius 1 is 1.04 bits per heavy atom. The van der Waals surface area contributed by atoms with Gasteiger partial charge in [0.15, 0.2) is 0 Å². The Balaban J connectivity index is 1.67. The van der Waals surface area contributed by atoms with Crippen LogP contribution in [0.1, 0.15) is 22.5 Å². The summed E-state index contributed by atoms with van der Waals surface area (Å²) in [6, 6.07) is 15.1. The standard InChI is InChI=1S/C18H18N4O/c19-13-16-7-8-17(14-20-16)21-9-4-10-22(12-11-21)18(23)15-5-2-1-3-6-15/h1-3,5-8,14H,4,9-12H2. The second-order valence-electron chi connectivity index (χ2n) is 5.51. The molecule has 1 saturated heterocycles. The second kappa shape index (κ2) is 6.93. The van der Waals surface area contributed by atoms with Crippen LogP contribution in [0.15, 0.2) is 48.7 Å². The highest BCUT2D eigenvalue weighted by Crippen LogP contribution is 2.16. The number of hydrogen-bond acceptors (Lipinski definition) is 4. The zero-order valence-electron chi connectivity index (χ0n) is 12.9. The molecule has 1 fully saturated rings. The molecule has 1 aliphatic heterocycles. The number of benzene rings is 1. The lowest BCUT2D eigenvalue weighted by Crippen LogP contribution is -2.35. The number of nitriles is 1. The third-order valence-electron chi connectivity index (χ3n) is 4.03. The summed E-state index contributed by atoms with van der Waals surface area (Å²) in [5, 5.41) is 8.82. The Labute approximate surface area is 135 Å². The average Bonchev–Trinajstić information content (AvgIpc) is 2.88. The highest BCUT2D eigenvalue weighted by Gasteiger charge is 2.20. The van der Waals surface area contributed by atoms with Crippen molar-refractivity contribution in [2.75, 3.05) is 31.1 Å². The van der Waals surface area contributed by atoms with E-state index in [4.69, 9.17) is 5.26 Å². The molecule has 0 unspecified atom stereocenters. The van der Waals surface area contributed by atoms with Crippen LogP contribution < -0.4 is 4.90 Å². The van der Waals surface area contributed by atoms with E-state index in [2.05, 4.69) is 9.88 Å². The summed E-state index contributed by atoms with van der Waals surface area (Å²) in [4.78, 5) is 20.8. The van der Waals surface area contributed by atoms with Gasteiger partial charge in [-0.1, -0.05) is 18.2 Å². The van der Waals surface area contributed by atoms with Crippen LogP contribution >= 0.6 is 0 Å². The van der Waals surface area contributed by atoms with Gasteiger partial charge in [0, 0.05) is 31.7 Å². The van der Waals surface area contributed by atoms with Gasteiger partial charge in [-0.3, -0.25) is 4.79 Å². The fraction of sp³-hybridized carbons (Fsp3) is 0.278. The molecule has 116 valence electrons. The van der Waals surface area contributed by atoms with Crippen molar-refractivity contribution in [1.29, 1.82) is 5.26 Å². The number of anilines is 1. The van der Waals surface area contributed by atoms with Crippen molar-refractivity contribution in [2.24, 2.45) is 0 Å². The van der Waals surface area contributed by atoms with Crippen LogP contribution in [0.5, 0.6) is 0 Å². The van der Waals surface area contributed by atoms with Crippen LogP contribution in [0.2, 0.25) is 0 Å². The number of rotatable bonds is 2. The van der Waals surface area contributed by atoms with Crippen molar-refractivity contribution < 1.29 is 4.79 Å². The molecular weight excluding hydrogens is 288 g/mol. The first-order chi connectivity index (χ1) is 11.3. The Morgan fingerprint density at radius 2 is 1.87 bits per heavy atom. The maximum atomic E-state index is 12.5. The summed E-state index contributed by atoms with van der Waals surface area (Å²) in [5.74, 6) is 0.0883. The van der Waals surface area contributed by atoms with Crippen LogP contribution in [0.3, 0.4) is 0 Å². The largest absolute Gasteiger partial charge is 0.368 e. The van der Waals surface area contributed by atoms with Crippen molar-refractivity contribution in [3.63, 3.8) is 0 Å². The zero-order valence-corrected chi connectivity index (χ0v) is 12.9. The SMILES string of the molecule is N#Cc1ccc(N2CCCN(C(=O)c3ccccc3)CC2)cn1. The Hall–Kier alpha value is -2.87. The monoisotopic (exact) mass is 306 g/mol. The van der Waals surface area contributed by atoms with E-state index in [9.17, 15) is 4.79 Å². The molecule has 2 heterocycles. The van der Waals surface area contributed by atoms with Crippen LogP contribution in [-0.4, -0.2) is 42.0 Å². The van der Waals surface area contributed by atoms with E-state index < -0.39 is 0 Å². The molecule has 5 nitrogen and oxygen atoms in total. The minimum Gasteiger partial charge on any atom is -0.368 e. The van der Waals surface area contributed by atoms with Crippen LogP contribution in [0.25, 0.3) is 0 Å². The normalized spacial score (nSPS) is 14.9. The van der Waals surface area contributed by atoms with Gasteiger partial charge in [0.2, 0.25) is 0 Å². The quantitative estimate of drug-likeness (QED) is 0.854. The Morgan fingerprint density at radius 3 is 2.57 bits per heavy atom. The lowest BCUT2D eigenvalue weighted by molar-refractivity contribution is 0.0767. The van der Waals surface area contributed by atoms with Gasteiger partial charge in [0.25, 0.3) is 5.91 Å². The molecule has 1 aliphatic rings. The summed E-state index contributed by atoms with van der Waals surface area (Å²) in [5.41, 5.74) is 2.16. The fourth-order valence-corrected chi connectivity index (χ4v) is 2.78. The molecule has 1 aromatic heterocycles. The van der Waals surface area contributed by atoms with Gasteiger partial charge in [-0.2, -0.15) is 5.26 Å². The van der Waals surface area contributed by atoms with Crippen LogP contribution in [-0.2, 0) is 0 Å². The Bertz CT molecular complexity index is 706. The molecule has 0 N–H and O–H groups in total. The van der Waals surface area contributed by atoms with Gasteiger partial charge < -0.3 is 9.80 Å². The summed E-state index contributed by atoms with van der Waals surface area (Å²) < 4.78 is 0. The van der Waals surface area contributed by atoms with E-state index in [1.807, 2.05) is 47.4 Å². The number of pyridine rings is 1. The third-order valence-corrected chi connectivity index (χ3v) is 4.03.